The lowest BCUT2D eigenvalue weighted by Gasteiger charge is -2.36. The fraction of sp³-hybridized carbons (Fsp3) is 0.923. The maximum absolute atomic E-state index is 11.7. The van der Waals surface area contributed by atoms with Gasteiger partial charge in [0, 0.05) is 6.54 Å². The van der Waals surface area contributed by atoms with Crippen molar-refractivity contribution < 1.29 is 14.6 Å². The quantitative estimate of drug-likeness (QED) is 0.687. The van der Waals surface area contributed by atoms with E-state index in [9.17, 15) is 9.90 Å². The molecule has 17 heavy (non-hydrogen) atoms. The van der Waals surface area contributed by atoms with Gasteiger partial charge in [-0.1, -0.05) is 19.8 Å². The fourth-order valence-corrected chi connectivity index (χ4v) is 2.44. The summed E-state index contributed by atoms with van der Waals surface area (Å²) in [6.07, 6.45) is 4.59. The van der Waals surface area contributed by atoms with Crippen molar-refractivity contribution in [1.29, 1.82) is 0 Å². The number of carbonyl (C=O) groups excluding carboxylic acids is 1. The van der Waals surface area contributed by atoms with Crippen LogP contribution in [0.15, 0.2) is 0 Å². The van der Waals surface area contributed by atoms with Gasteiger partial charge in [0.15, 0.2) is 0 Å². The topological polar surface area (TPSA) is 49.8 Å². The molecule has 1 fully saturated rings. The molecule has 0 radical (unpaired) electrons. The summed E-state index contributed by atoms with van der Waals surface area (Å²) in [5, 5.41) is 9.26. The molecule has 0 saturated heterocycles. The third kappa shape index (κ3) is 4.28. The van der Waals surface area contributed by atoms with Crippen LogP contribution in [-0.2, 0) is 9.53 Å². The van der Waals surface area contributed by atoms with E-state index in [2.05, 4.69) is 11.8 Å². The highest BCUT2D eigenvalue weighted by atomic mass is 16.5. The van der Waals surface area contributed by atoms with Crippen LogP contribution < -0.4 is 0 Å². The van der Waals surface area contributed by atoms with Gasteiger partial charge in [-0.3, -0.25) is 9.69 Å². The minimum absolute atomic E-state index is 0.124. The maximum atomic E-state index is 11.7. The number of aliphatic hydroxyl groups is 1. The number of hydrogen-bond donors (Lipinski definition) is 1. The Morgan fingerprint density at radius 3 is 2.65 bits per heavy atom. The van der Waals surface area contributed by atoms with Crippen LogP contribution in [0.25, 0.3) is 0 Å². The summed E-state index contributed by atoms with van der Waals surface area (Å²) in [4.78, 5) is 13.8. The van der Waals surface area contributed by atoms with E-state index in [-0.39, 0.29) is 18.1 Å². The van der Waals surface area contributed by atoms with Crippen LogP contribution in [0.2, 0.25) is 0 Å². The molecular weight excluding hydrogens is 218 g/mol. The molecule has 1 aliphatic carbocycles. The smallest absolute Gasteiger partial charge is 0.323 e. The summed E-state index contributed by atoms with van der Waals surface area (Å²) >= 11 is 0. The van der Waals surface area contributed by atoms with Gasteiger partial charge in [0.2, 0.25) is 0 Å². The number of carbonyl (C=O) groups is 1. The second-order valence-corrected chi connectivity index (χ2v) is 5.11. The van der Waals surface area contributed by atoms with Gasteiger partial charge in [-0.2, -0.15) is 0 Å². The van der Waals surface area contributed by atoms with E-state index in [1.807, 2.05) is 7.05 Å². The molecule has 1 unspecified atom stereocenters. The number of ether oxygens (including phenoxy) is 1. The number of aliphatic hydroxyl groups excluding tert-OH is 1. The molecular formula is C13H25NO3. The summed E-state index contributed by atoms with van der Waals surface area (Å²) in [5.41, 5.74) is 0. The monoisotopic (exact) mass is 243 g/mol. The number of unbranched alkanes of at least 4 members (excludes halogenated alkanes) is 1. The van der Waals surface area contributed by atoms with E-state index in [0.717, 1.165) is 38.6 Å². The van der Waals surface area contributed by atoms with Crippen LogP contribution in [0.5, 0.6) is 0 Å². The Bertz CT molecular complexity index is 239. The molecule has 1 aliphatic rings. The van der Waals surface area contributed by atoms with Crippen LogP contribution >= 0.6 is 0 Å². The Morgan fingerprint density at radius 1 is 1.53 bits per heavy atom. The second kappa shape index (κ2) is 6.97. The van der Waals surface area contributed by atoms with Crippen molar-refractivity contribution in [2.45, 2.75) is 51.2 Å². The van der Waals surface area contributed by atoms with Gasteiger partial charge in [0.25, 0.3) is 0 Å². The van der Waals surface area contributed by atoms with E-state index < -0.39 is 0 Å². The zero-order valence-corrected chi connectivity index (χ0v) is 11.2. The third-order valence-electron chi connectivity index (χ3n) is 3.59. The average molecular weight is 243 g/mol. The standard InChI is InChI=1S/C13H25NO3/c1-4-5-6-12(13(16)17-3)14(2)9-10-7-11(15)8-10/h10-12,15H,4-9H2,1-3H3. The van der Waals surface area contributed by atoms with Crippen molar-refractivity contribution in [2.75, 3.05) is 20.7 Å². The number of methoxy groups -OCH3 is 1. The number of likely N-dealkylation sites (N-methyl/N-ethyl adjacent to an activating group) is 1. The van der Waals surface area contributed by atoms with E-state index in [0.29, 0.717) is 5.92 Å². The maximum Gasteiger partial charge on any atom is 0.323 e. The molecule has 0 aliphatic heterocycles. The van der Waals surface area contributed by atoms with Gasteiger partial charge in [0.1, 0.15) is 6.04 Å². The van der Waals surface area contributed by atoms with Crippen molar-refractivity contribution in [3.8, 4) is 0 Å². The van der Waals surface area contributed by atoms with E-state index in [1.165, 1.54) is 7.11 Å². The lowest BCUT2D eigenvalue weighted by Crippen LogP contribution is -2.45. The molecule has 0 spiro atoms. The highest BCUT2D eigenvalue weighted by molar-refractivity contribution is 5.75. The first-order valence-electron chi connectivity index (χ1n) is 6.54. The van der Waals surface area contributed by atoms with Gasteiger partial charge in [0.05, 0.1) is 13.2 Å². The van der Waals surface area contributed by atoms with Gasteiger partial charge >= 0.3 is 5.97 Å². The van der Waals surface area contributed by atoms with E-state index in [4.69, 9.17) is 4.74 Å². The van der Waals surface area contributed by atoms with Gasteiger partial charge < -0.3 is 9.84 Å². The Balaban J connectivity index is 2.41. The highest BCUT2D eigenvalue weighted by Gasteiger charge is 2.31. The van der Waals surface area contributed by atoms with Gasteiger partial charge in [-0.15, -0.1) is 0 Å². The number of nitrogens with zero attached hydrogens (tertiary/aromatic N) is 1. The average Bonchev–Trinajstić information content (AvgIpc) is 2.27. The summed E-state index contributed by atoms with van der Waals surface area (Å²) in [6.45, 7) is 3.00. The Kier molecular flexibility index (Phi) is 5.92. The predicted octanol–water partition coefficient (Wildman–Crippen LogP) is 1.42. The number of hydrogen-bond acceptors (Lipinski definition) is 4. The van der Waals surface area contributed by atoms with Crippen molar-refractivity contribution in [2.24, 2.45) is 5.92 Å². The van der Waals surface area contributed by atoms with Gasteiger partial charge in [-0.05, 0) is 32.2 Å². The normalized spacial score (nSPS) is 25.5. The first kappa shape index (κ1) is 14.5. The van der Waals surface area contributed by atoms with Crippen LogP contribution in [0.1, 0.15) is 39.0 Å². The van der Waals surface area contributed by atoms with Crippen molar-refractivity contribution in [3.63, 3.8) is 0 Å². The third-order valence-corrected chi connectivity index (χ3v) is 3.59. The van der Waals surface area contributed by atoms with Crippen molar-refractivity contribution in [3.05, 3.63) is 0 Å². The van der Waals surface area contributed by atoms with Crippen molar-refractivity contribution in [1.82, 2.24) is 4.90 Å². The zero-order valence-electron chi connectivity index (χ0n) is 11.2. The zero-order chi connectivity index (χ0) is 12.8. The molecule has 1 rings (SSSR count). The molecule has 0 aromatic rings. The highest BCUT2D eigenvalue weighted by Crippen LogP contribution is 2.28. The number of esters is 1. The molecule has 4 nitrogen and oxygen atoms in total. The SMILES string of the molecule is CCCCC(C(=O)OC)N(C)CC1CC(O)C1. The fourth-order valence-electron chi connectivity index (χ4n) is 2.44. The van der Waals surface area contributed by atoms with E-state index >= 15 is 0 Å². The summed E-state index contributed by atoms with van der Waals surface area (Å²) in [5.74, 6) is 0.393. The first-order valence-corrected chi connectivity index (χ1v) is 6.54. The minimum atomic E-state index is -0.138. The van der Waals surface area contributed by atoms with Crippen LogP contribution in [0, 0.1) is 5.92 Å². The molecule has 0 heterocycles. The molecule has 0 bridgehead atoms. The molecule has 100 valence electrons. The molecule has 0 aromatic heterocycles. The van der Waals surface area contributed by atoms with E-state index in [1.54, 1.807) is 0 Å². The molecule has 1 atom stereocenters. The summed E-state index contributed by atoms with van der Waals surface area (Å²) < 4.78 is 4.85. The van der Waals surface area contributed by atoms with Gasteiger partial charge in [-0.25, -0.2) is 0 Å². The Labute approximate surface area is 104 Å². The first-order chi connectivity index (χ1) is 8.08. The molecule has 0 aromatic carbocycles. The molecule has 1 N–H and O–H groups in total. The van der Waals surface area contributed by atoms with Crippen LogP contribution in [0.4, 0.5) is 0 Å². The number of rotatable bonds is 7. The van der Waals surface area contributed by atoms with Crippen molar-refractivity contribution >= 4 is 5.97 Å². The van der Waals surface area contributed by atoms with Crippen LogP contribution in [0.3, 0.4) is 0 Å². The van der Waals surface area contributed by atoms with Crippen LogP contribution in [-0.4, -0.2) is 48.8 Å². The molecule has 1 saturated carbocycles. The Hall–Kier alpha value is -0.610. The minimum Gasteiger partial charge on any atom is -0.468 e. The second-order valence-electron chi connectivity index (χ2n) is 5.11. The largest absolute Gasteiger partial charge is 0.468 e. The molecule has 0 amide bonds. The lowest BCUT2D eigenvalue weighted by molar-refractivity contribution is -0.147. The lowest BCUT2D eigenvalue weighted by atomic mass is 9.82. The summed E-state index contributed by atoms with van der Waals surface area (Å²) in [6, 6.07) is -0.127. The summed E-state index contributed by atoms with van der Waals surface area (Å²) in [7, 11) is 3.42. The molecule has 4 heteroatoms. The Morgan fingerprint density at radius 2 is 2.18 bits per heavy atom. The predicted molar refractivity (Wildman–Crippen MR) is 66.7 cm³/mol.